The Hall–Kier alpha value is -1.75. The predicted octanol–water partition coefficient (Wildman–Crippen LogP) is 5.60. The number of benzene rings is 1. The third kappa shape index (κ3) is 4.13. The first kappa shape index (κ1) is 16.6. The Bertz CT molecular complexity index is 678. The van der Waals surface area contributed by atoms with E-state index >= 15 is 0 Å². The van der Waals surface area contributed by atoms with Crippen LogP contribution >= 0.6 is 11.6 Å². The Morgan fingerprint density at radius 3 is 2.27 bits per heavy atom. The zero-order valence-electron chi connectivity index (χ0n) is 12.3. The van der Waals surface area contributed by atoms with Crippen LogP contribution in [0.5, 0.6) is 5.88 Å². The second-order valence-corrected chi connectivity index (χ2v) is 6.18. The lowest BCUT2D eigenvalue weighted by molar-refractivity contribution is -0.137. The van der Waals surface area contributed by atoms with Crippen LogP contribution in [0.4, 0.5) is 13.2 Å². The zero-order valence-corrected chi connectivity index (χ0v) is 13.1. The first-order valence-electron chi connectivity index (χ1n) is 6.59. The van der Waals surface area contributed by atoms with Gasteiger partial charge in [0.2, 0.25) is 5.88 Å². The van der Waals surface area contributed by atoms with E-state index in [-0.39, 0.29) is 5.02 Å². The van der Waals surface area contributed by atoms with E-state index < -0.39 is 17.3 Å². The number of halogens is 4. The minimum Gasteiger partial charge on any atom is -0.472 e. The third-order valence-electron chi connectivity index (χ3n) is 2.70. The molecular weight excluding hydrogens is 315 g/mol. The smallest absolute Gasteiger partial charge is 0.417 e. The van der Waals surface area contributed by atoms with Crippen molar-refractivity contribution in [3.63, 3.8) is 0 Å². The molecule has 0 spiro atoms. The molecule has 1 aromatic heterocycles. The number of hydrogen-bond donors (Lipinski definition) is 0. The minimum absolute atomic E-state index is 0.353. The summed E-state index contributed by atoms with van der Waals surface area (Å²) >= 11 is 5.73. The fourth-order valence-electron chi connectivity index (χ4n) is 1.85. The highest BCUT2D eigenvalue weighted by molar-refractivity contribution is 6.31. The zero-order chi connectivity index (χ0) is 16.5. The van der Waals surface area contributed by atoms with Gasteiger partial charge in [-0.15, -0.1) is 0 Å². The predicted molar refractivity (Wildman–Crippen MR) is 80.1 cm³/mol. The third-order valence-corrected chi connectivity index (χ3v) is 3.02. The van der Waals surface area contributed by atoms with E-state index in [1.807, 2.05) is 20.8 Å². The van der Waals surface area contributed by atoms with E-state index in [2.05, 4.69) is 4.98 Å². The molecular formula is C16H15ClF3NO. The second kappa shape index (κ2) is 5.80. The first-order valence-corrected chi connectivity index (χ1v) is 6.97. The fraction of sp³-hybridized carbons (Fsp3) is 0.312. The van der Waals surface area contributed by atoms with Crippen molar-refractivity contribution in [3.05, 3.63) is 47.0 Å². The largest absolute Gasteiger partial charge is 0.472 e. The summed E-state index contributed by atoms with van der Waals surface area (Å²) < 4.78 is 43.8. The van der Waals surface area contributed by atoms with Gasteiger partial charge in [0.05, 0.1) is 16.3 Å². The van der Waals surface area contributed by atoms with E-state index in [0.29, 0.717) is 17.1 Å². The van der Waals surface area contributed by atoms with Crippen molar-refractivity contribution in [3.8, 4) is 17.1 Å². The van der Waals surface area contributed by atoms with Crippen LogP contribution < -0.4 is 4.74 Å². The Morgan fingerprint density at radius 2 is 1.73 bits per heavy atom. The fourth-order valence-corrected chi connectivity index (χ4v) is 2.14. The second-order valence-electron chi connectivity index (χ2n) is 5.77. The number of alkyl halides is 3. The molecule has 6 heteroatoms. The lowest BCUT2D eigenvalue weighted by atomic mass is 10.1. The molecule has 0 fully saturated rings. The van der Waals surface area contributed by atoms with Crippen LogP contribution in [-0.2, 0) is 6.18 Å². The number of hydrogen-bond acceptors (Lipinski definition) is 2. The van der Waals surface area contributed by atoms with Gasteiger partial charge in [-0.3, -0.25) is 0 Å². The molecule has 0 aliphatic heterocycles. The minimum atomic E-state index is -4.47. The lowest BCUT2D eigenvalue weighted by Crippen LogP contribution is -2.23. The molecule has 0 atom stereocenters. The normalized spacial score (nSPS) is 12.3. The van der Waals surface area contributed by atoms with Crippen LogP contribution in [0, 0.1) is 0 Å². The Labute approximate surface area is 131 Å². The number of nitrogens with zero attached hydrogens (tertiary/aromatic N) is 1. The van der Waals surface area contributed by atoms with Crippen molar-refractivity contribution in [1.29, 1.82) is 0 Å². The summed E-state index contributed by atoms with van der Waals surface area (Å²) in [5.74, 6) is 0.404. The molecule has 1 heterocycles. The van der Waals surface area contributed by atoms with E-state index in [1.54, 1.807) is 18.2 Å². The molecule has 2 nitrogen and oxygen atoms in total. The van der Waals surface area contributed by atoms with Crippen molar-refractivity contribution in [2.24, 2.45) is 0 Å². The summed E-state index contributed by atoms with van der Waals surface area (Å²) in [5.41, 5.74) is -0.279. The van der Waals surface area contributed by atoms with Crippen LogP contribution in [0.3, 0.4) is 0 Å². The number of ether oxygens (including phenoxy) is 1. The van der Waals surface area contributed by atoms with Crippen molar-refractivity contribution in [1.82, 2.24) is 4.98 Å². The van der Waals surface area contributed by atoms with Gasteiger partial charge in [-0.2, -0.15) is 13.2 Å². The summed E-state index contributed by atoms with van der Waals surface area (Å²) in [5, 5.41) is -0.353. The molecule has 1 aromatic carbocycles. The quantitative estimate of drug-likeness (QED) is 0.715. The van der Waals surface area contributed by atoms with Gasteiger partial charge in [-0.25, -0.2) is 4.98 Å². The Kier molecular flexibility index (Phi) is 4.38. The van der Waals surface area contributed by atoms with Gasteiger partial charge in [-0.1, -0.05) is 23.7 Å². The molecule has 0 unspecified atom stereocenters. The molecule has 22 heavy (non-hydrogen) atoms. The van der Waals surface area contributed by atoms with Crippen molar-refractivity contribution in [2.75, 3.05) is 0 Å². The standard InChI is InChI=1S/C16H15ClF3NO/c1-15(2,3)22-14-6-4-5-13(21-14)10-7-8-11(12(17)9-10)16(18,19)20/h4-9H,1-3H3. The summed E-state index contributed by atoms with van der Waals surface area (Å²) in [4.78, 5) is 4.30. The number of pyridine rings is 1. The molecule has 0 bridgehead atoms. The van der Waals surface area contributed by atoms with Gasteiger partial charge >= 0.3 is 6.18 Å². The van der Waals surface area contributed by atoms with Gasteiger partial charge in [0, 0.05) is 11.6 Å². The van der Waals surface area contributed by atoms with E-state index in [0.717, 1.165) is 6.07 Å². The molecule has 0 aliphatic rings. The molecule has 2 aromatic rings. The molecule has 0 radical (unpaired) electrons. The Morgan fingerprint density at radius 1 is 1.05 bits per heavy atom. The van der Waals surface area contributed by atoms with Crippen molar-refractivity contribution < 1.29 is 17.9 Å². The molecule has 0 saturated carbocycles. The van der Waals surface area contributed by atoms with Crippen LogP contribution in [0.25, 0.3) is 11.3 Å². The van der Waals surface area contributed by atoms with Gasteiger partial charge < -0.3 is 4.74 Å². The summed E-state index contributed by atoms with van der Waals surface area (Å²) in [6.07, 6.45) is -4.47. The molecule has 0 amide bonds. The summed E-state index contributed by atoms with van der Waals surface area (Å²) in [6.45, 7) is 5.66. The van der Waals surface area contributed by atoms with E-state index in [9.17, 15) is 13.2 Å². The maximum Gasteiger partial charge on any atom is 0.417 e. The molecule has 0 saturated heterocycles. The molecule has 0 aliphatic carbocycles. The summed E-state index contributed by atoms with van der Waals surface area (Å²) in [7, 11) is 0. The topological polar surface area (TPSA) is 22.1 Å². The highest BCUT2D eigenvalue weighted by Crippen LogP contribution is 2.36. The van der Waals surface area contributed by atoms with Crippen LogP contribution in [-0.4, -0.2) is 10.6 Å². The van der Waals surface area contributed by atoms with Crippen LogP contribution in [0.2, 0.25) is 5.02 Å². The van der Waals surface area contributed by atoms with E-state index in [4.69, 9.17) is 16.3 Å². The summed E-state index contributed by atoms with van der Waals surface area (Å²) in [6, 6.07) is 8.67. The maximum absolute atomic E-state index is 12.7. The van der Waals surface area contributed by atoms with Crippen molar-refractivity contribution >= 4 is 11.6 Å². The van der Waals surface area contributed by atoms with Crippen LogP contribution in [0.15, 0.2) is 36.4 Å². The Balaban J connectivity index is 2.37. The highest BCUT2D eigenvalue weighted by Gasteiger charge is 2.33. The van der Waals surface area contributed by atoms with Gasteiger partial charge in [0.25, 0.3) is 0 Å². The van der Waals surface area contributed by atoms with Crippen molar-refractivity contribution in [2.45, 2.75) is 32.5 Å². The molecule has 118 valence electrons. The lowest BCUT2D eigenvalue weighted by Gasteiger charge is -2.20. The van der Waals surface area contributed by atoms with E-state index in [1.165, 1.54) is 12.1 Å². The van der Waals surface area contributed by atoms with Gasteiger partial charge in [0.1, 0.15) is 5.60 Å². The van der Waals surface area contributed by atoms with Gasteiger partial charge in [-0.05, 0) is 39.0 Å². The average molecular weight is 330 g/mol. The monoisotopic (exact) mass is 329 g/mol. The molecule has 2 rings (SSSR count). The molecule has 0 N–H and O–H groups in total. The number of aromatic nitrogens is 1. The highest BCUT2D eigenvalue weighted by atomic mass is 35.5. The SMILES string of the molecule is CC(C)(C)Oc1cccc(-c2ccc(C(F)(F)F)c(Cl)c2)n1. The first-order chi connectivity index (χ1) is 10.1. The average Bonchev–Trinajstić information content (AvgIpc) is 2.35. The van der Waals surface area contributed by atoms with Crippen LogP contribution in [0.1, 0.15) is 26.3 Å². The number of rotatable bonds is 2. The van der Waals surface area contributed by atoms with Gasteiger partial charge in [0.15, 0.2) is 0 Å². The maximum atomic E-state index is 12.7.